The molecule has 1 fully saturated rings. The molecule has 5 rings (SSSR count). The molecule has 0 amide bonds. The Morgan fingerprint density at radius 3 is 2.76 bits per heavy atom. The molecule has 1 aliphatic carbocycles. The number of para-hydroxylation sites is 1. The van der Waals surface area contributed by atoms with Crippen LogP contribution in [0.3, 0.4) is 0 Å². The maximum atomic E-state index is 13.5. The summed E-state index contributed by atoms with van der Waals surface area (Å²) in [5.41, 5.74) is 3.26. The minimum Gasteiger partial charge on any atom is -0.506 e. The Bertz CT molecular complexity index is 1320. The van der Waals surface area contributed by atoms with E-state index in [1.807, 2.05) is 0 Å². The first-order valence-electron chi connectivity index (χ1n) is 10.5. The number of nitrogens with one attached hydrogen (secondary N) is 2. The first-order valence-corrected chi connectivity index (χ1v) is 12.0. The van der Waals surface area contributed by atoms with Crippen LogP contribution in [0.25, 0.3) is 10.9 Å². The minimum atomic E-state index is -3.70. The Morgan fingerprint density at radius 2 is 2.00 bits per heavy atom. The van der Waals surface area contributed by atoms with Crippen LogP contribution in [0.2, 0.25) is 0 Å². The summed E-state index contributed by atoms with van der Waals surface area (Å²) in [7, 11) is -3.70. The SMILES string of the molecule is O=c1c(C2=NS(O)(O)c3cc(OCCO)ccc3N2)c(O)c2ccccc2n1NCC1CC1. The second-order valence-electron chi connectivity index (χ2n) is 8.00. The average Bonchev–Trinajstić information content (AvgIpc) is 3.62. The van der Waals surface area contributed by atoms with E-state index in [9.17, 15) is 19.0 Å². The molecule has 174 valence electrons. The Kier molecular flexibility index (Phi) is 5.41. The second-order valence-corrected chi connectivity index (χ2v) is 9.66. The van der Waals surface area contributed by atoms with E-state index in [1.54, 1.807) is 36.4 Å². The molecule has 0 atom stereocenters. The number of aromatic hydroxyl groups is 1. The number of nitrogens with zero attached hydrogens (tertiary/aromatic N) is 2. The molecule has 0 spiro atoms. The Balaban J connectivity index is 1.61. The fraction of sp³-hybridized carbons (Fsp3) is 0.273. The molecule has 1 saturated carbocycles. The van der Waals surface area contributed by atoms with Crippen LogP contribution in [0.4, 0.5) is 5.69 Å². The van der Waals surface area contributed by atoms with Gasteiger partial charge in [-0.1, -0.05) is 22.9 Å². The molecule has 0 saturated heterocycles. The van der Waals surface area contributed by atoms with Crippen LogP contribution >= 0.6 is 10.8 Å². The van der Waals surface area contributed by atoms with Crippen LogP contribution in [0.5, 0.6) is 11.5 Å². The third-order valence-electron chi connectivity index (χ3n) is 5.61. The van der Waals surface area contributed by atoms with Crippen LogP contribution in [0, 0.1) is 5.92 Å². The molecule has 2 heterocycles. The molecule has 6 N–H and O–H groups in total. The summed E-state index contributed by atoms with van der Waals surface area (Å²) in [6, 6.07) is 11.5. The fourth-order valence-electron chi connectivity index (χ4n) is 3.76. The van der Waals surface area contributed by atoms with Crippen molar-refractivity contribution in [3.8, 4) is 11.5 Å². The predicted octanol–water partition coefficient (Wildman–Crippen LogP) is 2.93. The van der Waals surface area contributed by atoms with E-state index in [0.717, 1.165) is 12.8 Å². The summed E-state index contributed by atoms with van der Waals surface area (Å²) >= 11 is 0. The van der Waals surface area contributed by atoms with Crippen molar-refractivity contribution in [3.63, 3.8) is 0 Å². The Hall–Kier alpha value is -3.25. The normalized spacial score (nSPS) is 17.6. The number of ether oxygens (including phenoxy) is 1. The molecule has 11 heteroatoms. The van der Waals surface area contributed by atoms with Crippen molar-refractivity contribution in [1.29, 1.82) is 0 Å². The van der Waals surface area contributed by atoms with Gasteiger partial charge in [-0.25, -0.2) is 4.68 Å². The van der Waals surface area contributed by atoms with Gasteiger partial charge in [0.2, 0.25) is 0 Å². The molecule has 3 aromatic rings. The van der Waals surface area contributed by atoms with Crippen LogP contribution in [0.15, 0.2) is 56.6 Å². The summed E-state index contributed by atoms with van der Waals surface area (Å²) in [5, 5.41) is 23.3. The molecule has 2 aromatic carbocycles. The molecule has 0 radical (unpaired) electrons. The number of aliphatic hydroxyl groups excluding tert-OH is 1. The van der Waals surface area contributed by atoms with Gasteiger partial charge < -0.3 is 25.7 Å². The van der Waals surface area contributed by atoms with E-state index in [1.165, 1.54) is 10.7 Å². The maximum Gasteiger partial charge on any atom is 0.284 e. The lowest BCUT2D eigenvalue weighted by atomic mass is 10.1. The summed E-state index contributed by atoms with van der Waals surface area (Å²) in [6.07, 6.45) is 2.20. The van der Waals surface area contributed by atoms with Gasteiger partial charge in [0.05, 0.1) is 17.8 Å². The van der Waals surface area contributed by atoms with Gasteiger partial charge in [0.1, 0.15) is 28.6 Å². The number of benzene rings is 2. The van der Waals surface area contributed by atoms with Gasteiger partial charge in [-0.05, 0) is 43.0 Å². The number of hydrogen-bond donors (Lipinski definition) is 6. The smallest absolute Gasteiger partial charge is 0.284 e. The minimum absolute atomic E-state index is 0.0539. The van der Waals surface area contributed by atoms with E-state index in [2.05, 4.69) is 15.1 Å². The third kappa shape index (κ3) is 4.00. The first kappa shape index (κ1) is 21.6. The van der Waals surface area contributed by atoms with Gasteiger partial charge in [-0.15, -0.1) is 4.40 Å². The highest BCUT2D eigenvalue weighted by molar-refractivity contribution is 8.23. The summed E-state index contributed by atoms with van der Waals surface area (Å²) in [6.45, 7) is 0.483. The molecular weight excluding hydrogens is 448 g/mol. The summed E-state index contributed by atoms with van der Waals surface area (Å²) in [4.78, 5) is 13.5. The summed E-state index contributed by atoms with van der Waals surface area (Å²) < 4.78 is 32.3. The monoisotopic (exact) mass is 472 g/mol. The molecule has 1 aliphatic heterocycles. The number of pyridine rings is 1. The van der Waals surface area contributed by atoms with Crippen molar-refractivity contribution >= 4 is 33.2 Å². The molecular formula is C22H24N4O6S. The maximum absolute atomic E-state index is 13.5. The van der Waals surface area contributed by atoms with E-state index in [-0.39, 0.29) is 35.3 Å². The third-order valence-corrected chi connectivity index (χ3v) is 6.97. The number of aliphatic hydroxyl groups is 1. The van der Waals surface area contributed by atoms with Crippen LogP contribution in [0.1, 0.15) is 18.4 Å². The standard InChI is InChI=1S/C22H24N4O6S/c27-9-10-32-14-7-8-16-18(11-14)33(30,31)25-21(24-16)19-20(28)15-3-1-2-4-17(15)26(22(19)29)23-12-13-5-6-13/h1-4,7-8,11,13,23,27-28,30-31H,5-6,9-10,12H2,(H,24,25). The number of hydrogen-bond acceptors (Lipinski definition) is 9. The van der Waals surface area contributed by atoms with Gasteiger partial charge in [-0.2, -0.15) is 0 Å². The van der Waals surface area contributed by atoms with E-state index in [4.69, 9.17) is 9.84 Å². The Labute approximate surface area is 190 Å². The number of fused-ring (bicyclic) bond motifs is 2. The molecule has 0 bridgehead atoms. The number of anilines is 1. The highest BCUT2D eigenvalue weighted by atomic mass is 32.3. The molecule has 10 nitrogen and oxygen atoms in total. The van der Waals surface area contributed by atoms with Crippen LogP contribution in [-0.4, -0.2) is 49.6 Å². The zero-order valence-electron chi connectivity index (χ0n) is 17.6. The van der Waals surface area contributed by atoms with Crippen molar-refractivity contribution in [3.05, 3.63) is 58.4 Å². The first-order chi connectivity index (χ1) is 15.9. The lowest BCUT2D eigenvalue weighted by molar-refractivity contribution is 0.201. The van der Waals surface area contributed by atoms with Gasteiger partial charge in [0.25, 0.3) is 5.56 Å². The van der Waals surface area contributed by atoms with Crippen molar-refractivity contribution in [2.24, 2.45) is 10.3 Å². The Morgan fingerprint density at radius 1 is 1.21 bits per heavy atom. The van der Waals surface area contributed by atoms with E-state index < -0.39 is 16.3 Å². The summed E-state index contributed by atoms with van der Waals surface area (Å²) in [5.74, 6) is 0.400. The lowest BCUT2D eigenvalue weighted by Gasteiger charge is -2.34. The van der Waals surface area contributed by atoms with Crippen molar-refractivity contribution in [1.82, 2.24) is 4.68 Å². The zero-order valence-corrected chi connectivity index (χ0v) is 18.4. The van der Waals surface area contributed by atoms with Crippen molar-refractivity contribution < 1.29 is 24.1 Å². The van der Waals surface area contributed by atoms with Gasteiger partial charge in [0, 0.05) is 18.0 Å². The molecule has 33 heavy (non-hydrogen) atoms. The fourth-order valence-corrected chi connectivity index (χ4v) is 4.94. The molecule has 0 unspecified atom stereocenters. The second kappa shape index (κ2) is 8.27. The molecule has 1 aromatic heterocycles. The zero-order chi connectivity index (χ0) is 23.2. The quantitative estimate of drug-likeness (QED) is 0.307. The van der Waals surface area contributed by atoms with Gasteiger partial charge in [0.15, 0.2) is 5.84 Å². The molecule has 2 aliphatic rings. The van der Waals surface area contributed by atoms with Crippen molar-refractivity contribution in [2.45, 2.75) is 17.7 Å². The number of amidine groups is 1. The van der Waals surface area contributed by atoms with E-state index in [0.29, 0.717) is 34.8 Å². The van der Waals surface area contributed by atoms with Gasteiger partial charge in [-0.3, -0.25) is 13.9 Å². The largest absolute Gasteiger partial charge is 0.506 e. The highest BCUT2D eigenvalue weighted by Gasteiger charge is 2.31. The van der Waals surface area contributed by atoms with Crippen molar-refractivity contribution in [2.75, 3.05) is 30.5 Å². The van der Waals surface area contributed by atoms with Gasteiger partial charge >= 0.3 is 0 Å². The predicted molar refractivity (Wildman–Crippen MR) is 127 cm³/mol. The highest BCUT2D eigenvalue weighted by Crippen LogP contribution is 2.56. The van der Waals surface area contributed by atoms with Crippen LogP contribution < -0.4 is 21.0 Å². The van der Waals surface area contributed by atoms with E-state index >= 15 is 0 Å². The van der Waals surface area contributed by atoms with Crippen LogP contribution in [-0.2, 0) is 0 Å². The number of rotatable bonds is 7. The topological polar surface area (TPSA) is 149 Å². The lowest BCUT2D eigenvalue weighted by Crippen LogP contribution is -2.36. The average molecular weight is 473 g/mol. The number of aromatic nitrogens is 1.